The Labute approximate surface area is 186 Å². The van der Waals surface area contributed by atoms with Gasteiger partial charge in [-0.15, -0.1) is 24.8 Å². The van der Waals surface area contributed by atoms with E-state index in [-0.39, 0.29) is 42.2 Å². The molecule has 1 aliphatic carbocycles. The average Bonchev–Trinajstić information content (AvgIpc) is 2.66. The van der Waals surface area contributed by atoms with E-state index in [0.29, 0.717) is 6.54 Å². The first-order valence-corrected chi connectivity index (χ1v) is 9.97. The standard InChI is InChI=1S/C21H33N3O3.2ClH/c1-21(22)8-5-4-6-17(21)20(25)23-9-11-24-10-7-15-12-18(26-2)19(27-3)13-16(15)14-24;;/h12-13,17H,4-11,14,22H2,1-3H3,(H,23,25);2*1H. The number of hydrogen-bond donors (Lipinski definition) is 2. The van der Waals surface area contributed by atoms with E-state index in [4.69, 9.17) is 15.2 Å². The van der Waals surface area contributed by atoms with Gasteiger partial charge in [0.05, 0.1) is 20.1 Å². The van der Waals surface area contributed by atoms with Crippen LogP contribution in [0.4, 0.5) is 0 Å². The number of halogens is 2. The van der Waals surface area contributed by atoms with Crippen molar-refractivity contribution in [2.75, 3.05) is 33.9 Å². The minimum atomic E-state index is -0.373. The maximum Gasteiger partial charge on any atom is 0.225 e. The molecule has 29 heavy (non-hydrogen) atoms. The number of rotatable bonds is 6. The molecule has 0 radical (unpaired) electrons. The third-order valence-corrected chi connectivity index (χ3v) is 6.10. The number of hydrogen-bond acceptors (Lipinski definition) is 5. The lowest BCUT2D eigenvalue weighted by Crippen LogP contribution is -2.53. The molecule has 0 spiro atoms. The van der Waals surface area contributed by atoms with E-state index < -0.39 is 0 Å². The molecule has 1 heterocycles. The summed E-state index contributed by atoms with van der Waals surface area (Å²) in [6.07, 6.45) is 5.03. The number of amides is 1. The molecule has 3 rings (SSSR count). The average molecular weight is 448 g/mol. The molecule has 3 N–H and O–H groups in total. The fraction of sp³-hybridized carbons (Fsp3) is 0.667. The van der Waals surface area contributed by atoms with Gasteiger partial charge in [0.1, 0.15) is 0 Å². The molecule has 1 amide bonds. The van der Waals surface area contributed by atoms with Gasteiger partial charge in [-0.05, 0) is 49.4 Å². The largest absolute Gasteiger partial charge is 0.493 e. The smallest absolute Gasteiger partial charge is 0.225 e. The highest BCUT2D eigenvalue weighted by molar-refractivity contribution is 5.85. The molecular formula is C21H35Cl2N3O3. The van der Waals surface area contributed by atoms with Gasteiger partial charge in [0.15, 0.2) is 11.5 Å². The van der Waals surface area contributed by atoms with Crippen LogP contribution in [-0.4, -0.2) is 50.2 Å². The van der Waals surface area contributed by atoms with Gasteiger partial charge >= 0.3 is 0 Å². The number of nitrogens with one attached hydrogen (secondary N) is 1. The Kier molecular flexibility index (Phi) is 10.0. The molecule has 0 saturated heterocycles. The first-order chi connectivity index (χ1) is 12.9. The first kappa shape index (κ1) is 25.8. The summed E-state index contributed by atoms with van der Waals surface area (Å²) in [5.41, 5.74) is 8.56. The summed E-state index contributed by atoms with van der Waals surface area (Å²) in [5.74, 6) is 1.61. The Morgan fingerprint density at radius 1 is 1.21 bits per heavy atom. The van der Waals surface area contributed by atoms with Crippen molar-refractivity contribution in [1.82, 2.24) is 10.2 Å². The molecule has 1 aromatic rings. The molecule has 2 unspecified atom stereocenters. The Bertz CT molecular complexity index is 685. The molecule has 2 aliphatic rings. The van der Waals surface area contributed by atoms with E-state index in [2.05, 4.69) is 22.3 Å². The summed E-state index contributed by atoms with van der Waals surface area (Å²) >= 11 is 0. The second kappa shape index (κ2) is 11.3. The molecule has 166 valence electrons. The van der Waals surface area contributed by atoms with Gasteiger partial charge in [-0.25, -0.2) is 0 Å². The predicted molar refractivity (Wildman–Crippen MR) is 121 cm³/mol. The quantitative estimate of drug-likeness (QED) is 0.700. The summed E-state index contributed by atoms with van der Waals surface area (Å²) < 4.78 is 10.8. The van der Waals surface area contributed by atoms with E-state index in [1.807, 2.05) is 6.92 Å². The van der Waals surface area contributed by atoms with E-state index in [0.717, 1.165) is 63.2 Å². The van der Waals surface area contributed by atoms with Crippen LogP contribution >= 0.6 is 24.8 Å². The molecule has 1 aliphatic heterocycles. The molecule has 0 aromatic heterocycles. The zero-order valence-corrected chi connectivity index (χ0v) is 19.3. The highest BCUT2D eigenvalue weighted by atomic mass is 35.5. The number of ether oxygens (including phenoxy) is 2. The zero-order valence-electron chi connectivity index (χ0n) is 17.7. The van der Waals surface area contributed by atoms with Gasteiger partial charge < -0.3 is 20.5 Å². The summed E-state index contributed by atoms with van der Waals surface area (Å²) in [6.45, 7) is 5.36. The molecule has 0 bridgehead atoms. The van der Waals surface area contributed by atoms with Crippen molar-refractivity contribution < 1.29 is 14.3 Å². The van der Waals surface area contributed by atoms with Crippen molar-refractivity contribution in [3.63, 3.8) is 0 Å². The molecular weight excluding hydrogens is 413 g/mol. The summed E-state index contributed by atoms with van der Waals surface area (Å²) in [7, 11) is 3.33. The second-order valence-electron chi connectivity index (χ2n) is 8.10. The molecule has 1 fully saturated rings. The van der Waals surface area contributed by atoms with Crippen LogP contribution in [-0.2, 0) is 17.8 Å². The topological polar surface area (TPSA) is 76.8 Å². The van der Waals surface area contributed by atoms with Crippen molar-refractivity contribution in [3.8, 4) is 11.5 Å². The van der Waals surface area contributed by atoms with Crippen LogP contribution in [0.15, 0.2) is 12.1 Å². The number of nitrogens with zero attached hydrogens (tertiary/aromatic N) is 1. The van der Waals surface area contributed by atoms with E-state index in [9.17, 15) is 4.79 Å². The molecule has 8 heteroatoms. The summed E-state index contributed by atoms with van der Waals surface area (Å²) in [5, 5.41) is 3.11. The lowest BCUT2D eigenvalue weighted by atomic mass is 9.74. The Morgan fingerprint density at radius 3 is 2.48 bits per heavy atom. The maximum atomic E-state index is 12.6. The van der Waals surface area contributed by atoms with Crippen molar-refractivity contribution in [1.29, 1.82) is 0 Å². The van der Waals surface area contributed by atoms with Gasteiger partial charge in [-0.1, -0.05) is 12.8 Å². The van der Waals surface area contributed by atoms with Crippen LogP contribution in [0, 0.1) is 5.92 Å². The molecule has 6 nitrogen and oxygen atoms in total. The number of carbonyl (C=O) groups excluding carboxylic acids is 1. The van der Waals surface area contributed by atoms with Crippen LogP contribution in [0.5, 0.6) is 11.5 Å². The number of nitrogens with two attached hydrogens (primary N) is 1. The van der Waals surface area contributed by atoms with Gasteiger partial charge in [0.2, 0.25) is 5.91 Å². The van der Waals surface area contributed by atoms with Crippen LogP contribution < -0.4 is 20.5 Å². The monoisotopic (exact) mass is 447 g/mol. The van der Waals surface area contributed by atoms with Crippen molar-refractivity contribution >= 4 is 30.7 Å². The first-order valence-electron chi connectivity index (χ1n) is 9.97. The Balaban J connectivity index is 0.00000210. The van der Waals surface area contributed by atoms with E-state index >= 15 is 0 Å². The van der Waals surface area contributed by atoms with Gasteiger partial charge in [-0.3, -0.25) is 9.69 Å². The van der Waals surface area contributed by atoms with Crippen LogP contribution in [0.25, 0.3) is 0 Å². The van der Waals surface area contributed by atoms with Gasteiger partial charge in [0, 0.05) is 31.7 Å². The van der Waals surface area contributed by atoms with Gasteiger partial charge in [0.25, 0.3) is 0 Å². The summed E-state index contributed by atoms with van der Waals surface area (Å²) in [4.78, 5) is 14.9. The zero-order chi connectivity index (χ0) is 19.4. The minimum Gasteiger partial charge on any atom is -0.493 e. The van der Waals surface area contributed by atoms with E-state index in [1.165, 1.54) is 11.1 Å². The van der Waals surface area contributed by atoms with Crippen LogP contribution in [0.3, 0.4) is 0 Å². The maximum absolute atomic E-state index is 12.6. The third-order valence-electron chi connectivity index (χ3n) is 6.10. The fourth-order valence-electron chi connectivity index (χ4n) is 4.38. The van der Waals surface area contributed by atoms with E-state index in [1.54, 1.807) is 14.2 Å². The second-order valence-corrected chi connectivity index (χ2v) is 8.10. The normalized spacial score (nSPS) is 23.8. The summed E-state index contributed by atoms with van der Waals surface area (Å²) in [6, 6.07) is 4.15. The van der Waals surface area contributed by atoms with Crippen LogP contribution in [0.1, 0.15) is 43.7 Å². The van der Waals surface area contributed by atoms with Crippen molar-refractivity contribution in [2.24, 2.45) is 11.7 Å². The third kappa shape index (κ3) is 6.14. The highest BCUT2D eigenvalue weighted by Gasteiger charge is 2.37. The fourth-order valence-corrected chi connectivity index (χ4v) is 4.38. The lowest BCUT2D eigenvalue weighted by Gasteiger charge is -2.37. The van der Waals surface area contributed by atoms with Crippen molar-refractivity contribution in [2.45, 2.75) is 51.1 Å². The van der Waals surface area contributed by atoms with Crippen molar-refractivity contribution in [3.05, 3.63) is 23.3 Å². The lowest BCUT2D eigenvalue weighted by molar-refractivity contribution is -0.128. The number of benzene rings is 1. The SMILES string of the molecule is COc1cc2c(cc1OC)CN(CCNC(=O)C1CCCCC1(C)N)CC2.Cl.Cl. The van der Waals surface area contributed by atoms with Crippen LogP contribution in [0.2, 0.25) is 0 Å². The predicted octanol–water partition coefficient (Wildman–Crippen LogP) is 2.93. The number of carbonyl (C=O) groups is 1. The molecule has 1 saturated carbocycles. The highest BCUT2D eigenvalue weighted by Crippen LogP contribution is 2.33. The Hall–Kier alpha value is -1.21. The minimum absolute atomic E-state index is 0. The van der Waals surface area contributed by atoms with Gasteiger partial charge in [-0.2, -0.15) is 0 Å². The molecule has 2 atom stereocenters. The molecule has 1 aromatic carbocycles. The number of methoxy groups -OCH3 is 2. The Morgan fingerprint density at radius 2 is 1.86 bits per heavy atom. The number of fused-ring (bicyclic) bond motifs is 1.